The highest BCUT2D eigenvalue weighted by Gasteiger charge is 2.13. The summed E-state index contributed by atoms with van der Waals surface area (Å²) in [5.74, 6) is 0. The molecule has 1 nitrogen and oxygen atoms in total. The average Bonchev–Trinajstić information content (AvgIpc) is 2.69. The fourth-order valence-electron chi connectivity index (χ4n) is 1.50. The summed E-state index contributed by atoms with van der Waals surface area (Å²) in [4.78, 5) is 0.919. The molecule has 0 spiro atoms. The first-order chi connectivity index (χ1) is 8.06. The number of aliphatic hydroxyl groups excluding tert-OH is 1. The van der Waals surface area contributed by atoms with Gasteiger partial charge in [-0.2, -0.15) is 0 Å². The zero-order valence-corrected chi connectivity index (χ0v) is 12.6. The molecule has 5 heteroatoms. The maximum Gasteiger partial charge on any atom is 0.0923 e. The molecule has 0 bridgehead atoms. The van der Waals surface area contributed by atoms with E-state index in [2.05, 4.69) is 15.9 Å². The highest BCUT2D eigenvalue weighted by Crippen LogP contribution is 2.30. The molecule has 1 aromatic carbocycles. The van der Waals surface area contributed by atoms with Gasteiger partial charge in [0.05, 0.1) is 6.10 Å². The first kappa shape index (κ1) is 13.4. The molecule has 90 valence electrons. The SMILES string of the molecule is OC(Cc1ccc(Cl)cc1Cl)c1cc(Br)cs1. The lowest BCUT2D eigenvalue weighted by Gasteiger charge is -2.10. The van der Waals surface area contributed by atoms with Gasteiger partial charge >= 0.3 is 0 Å². The molecule has 0 radical (unpaired) electrons. The van der Waals surface area contributed by atoms with Crippen molar-refractivity contribution >= 4 is 50.5 Å². The number of hydrogen-bond acceptors (Lipinski definition) is 2. The summed E-state index contributed by atoms with van der Waals surface area (Å²) in [7, 11) is 0. The number of halogens is 3. The van der Waals surface area contributed by atoms with E-state index < -0.39 is 6.10 Å². The monoisotopic (exact) mass is 350 g/mol. The Labute approximate surface area is 122 Å². The number of rotatable bonds is 3. The van der Waals surface area contributed by atoms with Crippen LogP contribution in [0.15, 0.2) is 34.1 Å². The summed E-state index contributed by atoms with van der Waals surface area (Å²) in [5, 5.41) is 13.2. The Morgan fingerprint density at radius 3 is 2.65 bits per heavy atom. The van der Waals surface area contributed by atoms with Crippen molar-refractivity contribution in [3.63, 3.8) is 0 Å². The molecule has 0 fully saturated rings. The summed E-state index contributed by atoms with van der Waals surface area (Å²) >= 11 is 16.8. The summed E-state index contributed by atoms with van der Waals surface area (Å²) in [6.07, 6.45) is -0.0480. The number of hydrogen-bond donors (Lipinski definition) is 1. The molecule has 1 unspecified atom stereocenters. The van der Waals surface area contributed by atoms with E-state index in [-0.39, 0.29) is 0 Å². The molecule has 2 aromatic rings. The van der Waals surface area contributed by atoms with Gasteiger partial charge in [0.1, 0.15) is 0 Å². The third-order valence-corrected chi connectivity index (χ3v) is 4.73. The summed E-state index contributed by atoms with van der Waals surface area (Å²) < 4.78 is 0.985. The van der Waals surface area contributed by atoms with Crippen LogP contribution in [-0.4, -0.2) is 5.11 Å². The summed E-state index contributed by atoms with van der Waals surface area (Å²) in [6, 6.07) is 7.23. The minimum Gasteiger partial charge on any atom is -0.387 e. The zero-order chi connectivity index (χ0) is 12.4. The third-order valence-electron chi connectivity index (χ3n) is 2.34. The normalized spacial score (nSPS) is 12.7. The van der Waals surface area contributed by atoms with Crippen molar-refractivity contribution in [1.29, 1.82) is 0 Å². The van der Waals surface area contributed by atoms with Gasteiger partial charge in [-0.3, -0.25) is 0 Å². The second-order valence-corrected chi connectivity index (χ2v) is 6.33. The smallest absolute Gasteiger partial charge is 0.0923 e. The van der Waals surface area contributed by atoms with Crippen LogP contribution in [0.25, 0.3) is 0 Å². The predicted octanol–water partition coefficient (Wildman–Crippen LogP) is 5.09. The fraction of sp³-hybridized carbons (Fsp3) is 0.167. The minimum atomic E-state index is -0.537. The van der Waals surface area contributed by atoms with Crippen LogP contribution in [0, 0.1) is 0 Å². The Hall–Kier alpha value is -0.0600. The molecule has 0 aliphatic heterocycles. The maximum atomic E-state index is 10.1. The van der Waals surface area contributed by atoms with Crippen LogP contribution in [0.5, 0.6) is 0 Å². The van der Waals surface area contributed by atoms with E-state index in [1.807, 2.05) is 17.5 Å². The fourth-order valence-corrected chi connectivity index (χ4v) is 3.42. The zero-order valence-electron chi connectivity index (χ0n) is 8.66. The summed E-state index contributed by atoms with van der Waals surface area (Å²) in [6.45, 7) is 0. The van der Waals surface area contributed by atoms with E-state index in [1.54, 1.807) is 12.1 Å². The molecule has 0 aliphatic carbocycles. The first-order valence-corrected chi connectivity index (χ1v) is 7.35. The molecular formula is C12H9BrCl2OS. The van der Waals surface area contributed by atoms with E-state index in [1.165, 1.54) is 11.3 Å². The van der Waals surface area contributed by atoms with E-state index in [0.717, 1.165) is 14.9 Å². The van der Waals surface area contributed by atoms with Crippen molar-refractivity contribution in [2.75, 3.05) is 0 Å². The Bertz CT molecular complexity index is 527. The van der Waals surface area contributed by atoms with Gasteiger partial charge in [-0.05, 0) is 39.7 Å². The molecule has 2 rings (SSSR count). The molecule has 1 aromatic heterocycles. The second-order valence-electron chi connectivity index (χ2n) is 3.62. The molecule has 0 amide bonds. The van der Waals surface area contributed by atoms with Gasteiger partial charge in [0, 0.05) is 31.2 Å². The van der Waals surface area contributed by atoms with Crippen molar-refractivity contribution in [2.24, 2.45) is 0 Å². The Balaban J connectivity index is 2.15. The van der Waals surface area contributed by atoms with Gasteiger partial charge in [-0.15, -0.1) is 11.3 Å². The van der Waals surface area contributed by atoms with Gasteiger partial charge in [0.2, 0.25) is 0 Å². The number of aliphatic hydroxyl groups is 1. The molecule has 1 atom stereocenters. The summed E-state index contributed by atoms with van der Waals surface area (Å²) in [5.41, 5.74) is 0.896. The molecule has 0 aliphatic rings. The third kappa shape index (κ3) is 3.46. The lowest BCUT2D eigenvalue weighted by Crippen LogP contribution is -2.00. The highest BCUT2D eigenvalue weighted by atomic mass is 79.9. The van der Waals surface area contributed by atoms with Gasteiger partial charge < -0.3 is 5.11 Å². The van der Waals surface area contributed by atoms with Crippen LogP contribution >= 0.6 is 50.5 Å². The van der Waals surface area contributed by atoms with Crippen molar-refractivity contribution in [2.45, 2.75) is 12.5 Å². The molecule has 17 heavy (non-hydrogen) atoms. The topological polar surface area (TPSA) is 20.2 Å². The predicted molar refractivity (Wildman–Crippen MR) is 77.1 cm³/mol. The number of thiophene rings is 1. The molecular weight excluding hydrogens is 343 g/mol. The molecule has 1 heterocycles. The highest BCUT2D eigenvalue weighted by molar-refractivity contribution is 9.10. The quantitative estimate of drug-likeness (QED) is 0.816. The van der Waals surface area contributed by atoms with Crippen LogP contribution in [0.3, 0.4) is 0 Å². The van der Waals surface area contributed by atoms with Crippen LogP contribution in [0.1, 0.15) is 16.5 Å². The van der Waals surface area contributed by atoms with Crippen molar-refractivity contribution in [3.05, 3.63) is 54.6 Å². The maximum absolute atomic E-state index is 10.1. The Kier molecular flexibility index (Phi) is 4.50. The van der Waals surface area contributed by atoms with Crippen LogP contribution in [0.2, 0.25) is 10.0 Å². The second kappa shape index (κ2) is 5.72. The van der Waals surface area contributed by atoms with Gasteiger partial charge in [-0.25, -0.2) is 0 Å². The standard InChI is InChI=1S/C12H9BrCl2OS/c13-8-4-12(17-6-8)11(16)3-7-1-2-9(14)5-10(7)15/h1-2,4-6,11,16H,3H2. The van der Waals surface area contributed by atoms with Gasteiger partial charge in [0.25, 0.3) is 0 Å². The van der Waals surface area contributed by atoms with E-state index in [9.17, 15) is 5.11 Å². The lowest BCUT2D eigenvalue weighted by molar-refractivity contribution is 0.182. The minimum absolute atomic E-state index is 0.489. The average molecular weight is 352 g/mol. The van der Waals surface area contributed by atoms with Gasteiger partial charge in [-0.1, -0.05) is 29.3 Å². The Morgan fingerprint density at radius 2 is 2.06 bits per heavy atom. The largest absolute Gasteiger partial charge is 0.387 e. The first-order valence-electron chi connectivity index (χ1n) is 4.92. The lowest BCUT2D eigenvalue weighted by atomic mass is 10.1. The van der Waals surface area contributed by atoms with Crippen molar-refractivity contribution < 1.29 is 5.11 Å². The molecule has 0 saturated heterocycles. The van der Waals surface area contributed by atoms with Crippen molar-refractivity contribution in [1.82, 2.24) is 0 Å². The molecule has 1 N–H and O–H groups in total. The van der Waals surface area contributed by atoms with Crippen LogP contribution < -0.4 is 0 Å². The Morgan fingerprint density at radius 1 is 1.29 bits per heavy atom. The van der Waals surface area contributed by atoms with E-state index >= 15 is 0 Å². The van der Waals surface area contributed by atoms with E-state index in [4.69, 9.17) is 23.2 Å². The van der Waals surface area contributed by atoms with E-state index in [0.29, 0.717) is 16.5 Å². The number of benzene rings is 1. The van der Waals surface area contributed by atoms with Crippen LogP contribution in [-0.2, 0) is 6.42 Å². The van der Waals surface area contributed by atoms with Crippen molar-refractivity contribution in [3.8, 4) is 0 Å². The van der Waals surface area contributed by atoms with Crippen LogP contribution in [0.4, 0.5) is 0 Å². The molecule has 0 saturated carbocycles. The van der Waals surface area contributed by atoms with Gasteiger partial charge in [0.15, 0.2) is 0 Å².